The maximum Gasteiger partial charge on any atom is 0.168 e. The molecule has 0 saturated heterocycles. The van der Waals surface area contributed by atoms with Crippen LogP contribution in [0.4, 0.5) is 4.39 Å². The number of nitrogens with zero attached hydrogens (tertiary/aromatic N) is 4. The number of benzene rings is 2. The van der Waals surface area contributed by atoms with Gasteiger partial charge >= 0.3 is 0 Å². The van der Waals surface area contributed by atoms with E-state index in [9.17, 15) is 4.39 Å². The smallest absolute Gasteiger partial charge is 0.168 e. The van der Waals surface area contributed by atoms with E-state index in [0.717, 1.165) is 5.56 Å². The number of para-hydroxylation sites is 1. The van der Waals surface area contributed by atoms with E-state index in [0.29, 0.717) is 22.7 Å². The quantitative estimate of drug-likeness (QED) is 0.400. The highest BCUT2D eigenvalue weighted by Crippen LogP contribution is 2.22. The zero-order valence-corrected chi connectivity index (χ0v) is 15.1. The minimum absolute atomic E-state index is 0.143. The van der Waals surface area contributed by atoms with Gasteiger partial charge in [-0.3, -0.25) is 4.57 Å². The van der Waals surface area contributed by atoms with Crippen LogP contribution in [0.2, 0.25) is 0 Å². The first kappa shape index (κ1) is 17.7. The number of imidazole rings is 1. The molecule has 134 valence electrons. The Hall–Kier alpha value is -3.15. The van der Waals surface area contributed by atoms with Gasteiger partial charge in [-0.1, -0.05) is 30.3 Å². The fraction of sp³-hybridized carbons (Fsp3) is 0.200. The lowest BCUT2D eigenvalue weighted by molar-refractivity contribution is 0.298. The highest BCUT2D eigenvalue weighted by molar-refractivity contribution is 6.02. The summed E-state index contributed by atoms with van der Waals surface area (Å²) in [5.41, 5.74) is 1.92. The molecular weight excluding hydrogens is 331 g/mol. The summed E-state index contributed by atoms with van der Waals surface area (Å²) in [6, 6.07) is 12.9. The summed E-state index contributed by atoms with van der Waals surface area (Å²) >= 11 is 0. The molecule has 0 N–H and O–H groups in total. The van der Waals surface area contributed by atoms with E-state index in [1.165, 1.54) is 0 Å². The number of hydrogen-bond acceptors (Lipinski definition) is 4. The number of rotatable bonds is 5. The van der Waals surface area contributed by atoms with Gasteiger partial charge in [0.1, 0.15) is 24.5 Å². The number of ether oxygens (including phenoxy) is 1. The van der Waals surface area contributed by atoms with Gasteiger partial charge in [-0.2, -0.15) is 5.10 Å². The first-order chi connectivity index (χ1) is 12.6. The summed E-state index contributed by atoms with van der Waals surface area (Å²) in [5, 5.41) is 6.27. The van der Waals surface area contributed by atoms with Gasteiger partial charge in [0.05, 0.1) is 5.56 Å². The molecule has 0 amide bonds. The lowest BCUT2D eigenvalue weighted by atomic mass is 10.1. The Bertz CT molecular complexity index is 904. The zero-order valence-electron chi connectivity index (χ0n) is 15.1. The fourth-order valence-corrected chi connectivity index (χ4v) is 2.57. The molecule has 1 heterocycles. The Morgan fingerprint density at radius 3 is 2.73 bits per heavy atom. The van der Waals surface area contributed by atoms with Crippen molar-refractivity contribution in [2.45, 2.75) is 13.5 Å². The first-order valence-electron chi connectivity index (χ1n) is 8.26. The predicted molar refractivity (Wildman–Crippen MR) is 99.8 cm³/mol. The Labute approximate surface area is 152 Å². The van der Waals surface area contributed by atoms with Crippen LogP contribution in [0.5, 0.6) is 5.75 Å². The summed E-state index contributed by atoms with van der Waals surface area (Å²) in [6.45, 7) is 1.89. The predicted octanol–water partition coefficient (Wildman–Crippen LogP) is 3.68. The number of hydrazone groups is 1. The summed E-state index contributed by atoms with van der Waals surface area (Å²) < 4.78 is 22.0. The van der Waals surface area contributed by atoms with Gasteiger partial charge in [-0.05, 0) is 24.6 Å². The molecular formula is C20H21FN4O. The van der Waals surface area contributed by atoms with Crippen molar-refractivity contribution in [1.82, 2.24) is 14.6 Å². The molecule has 0 saturated carbocycles. The SMILES string of the molecule is Cc1cccc(COc2ccccc2C(=NN(C)C)n2ccnc2)c1F. The normalized spacial score (nSPS) is 11.5. The molecule has 0 atom stereocenters. The Balaban J connectivity index is 1.93. The monoisotopic (exact) mass is 352 g/mol. The molecule has 0 fully saturated rings. The van der Waals surface area contributed by atoms with Crippen molar-refractivity contribution in [3.63, 3.8) is 0 Å². The molecule has 0 bridgehead atoms. The van der Waals surface area contributed by atoms with Crippen LogP contribution < -0.4 is 4.74 Å². The minimum Gasteiger partial charge on any atom is -0.488 e. The maximum atomic E-state index is 14.2. The first-order valence-corrected chi connectivity index (χ1v) is 8.26. The van der Waals surface area contributed by atoms with Gasteiger partial charge in [0.25, 0.3) is 0 Å². The van der Waals surface area contributed by atoms with Crippen LogP contribution in [0.1, 0.15) is 16.7 Å². The van der Waals surface area contributed by atoms with Crippen molar-refractivity contribution in [2.75, 3.05) is 14.1 Å². The minimum atomic E-state index is -0.234. The Kier molecular flexibility index (Phi) is 5.31. The molecule has 5 nitrogen and oxygen atoms in total. The molecule has 0 spiro atoms. The third-order valence-corrected chi connectivity index (χ3v) is 3.83. The van der Waals surface area contributed by atoms with Crippen molar-refractivity contribution < 1.29 is 9.13 Å². The van der Waals surface area contributed by atoms with E-state index >= 15 is 0 Å². The molecule has 3 aromatic rings. The van der Waals surface area contributed by atoms with Gasteiger partial charge in [0, 0.05) is 32.1 Å². The fourth-order valence-electron chi connectivity index (χ4n) is 2.57. The van der Waals surface area contributed by atoms with Crippen molar-refractivity contribution in [3.05, 3.63) is 83.7 Å². The van der Waals surface area contributed by atoms with Crippen LogP contribution in [-0.4, -0.2) is 34.5 Å². The highest BCUT2D eigenvalue weighted by Gasteiger charge is 2.14. The third kappa shape index (κ3) is 3.91. The molecule has 0 radical (unpaired) electrons. The lowest BCUT2D eigenvalue weighted by Crippen LogP contribution is -2.18. The van der Waals surface area contributed by atoms with E-state index in [2.05, 4.69) is 10.1 Å². The van der Waals surface area contributed by atoms with Gasteiger partial charge < -0.3 is 9.75 Å². The van der Waals surface area contributed by atoms with Gasteiger partial charge in [-0.25, -0.2) is 9.37 Å². The van der Waals surface area contributed by atoms with E-state index in [1.54, 1.807) is 36.6 Å². The largest absolute Gasteiger partial charge is 0.488 e. The molecule has 0 aliphatic rings. The molecule has 0 unspecified atom stereocenters. The van der Waals surface area contributed by atoms with Crippen molar-refractivity contribution >= 4 is 5.84 Å². The van der Waals surface area contributed by atoms with Gasteiger partial charge in [0.15, 0.2) is 5.84 Å². The maximum absolute atomic E-state index is 14.2. The highest BCUT2D eigenvalue weighted by atomic mass is 19.1. The summed E-state index contributed by atoms with van der Waals surface area (Å²) in [7, 11) is 3.70. The van der Waals surface area contributed by atoms with Gasteiger partial charge in [0.2, 0.25) is 0 Å². The van der Waals surface area contributed by atoms with Crippen LogP contribution in [0.3, 0.4) is 0 Å². The molecule has 2 aromatic carbocycles. The second-order valence-electron chi connectivity index (χ2n) is 6.07. The number of aromatic nitrogens is 2. The average Bonchev–Trinajstić information content (AvgIpc) is 3.15. The van der Waals surface area contributed by atoms with Crippen LogP contribution in [0.25, 0.3) is 0 Å². The third-order valence-electron chi connectivity index (χ3n) is 3.83. The molecule has 6 heteroatoms. The van der Waals surface area contributed by atoms with Crippen LogP contribution >= 0.6 is 0 Å². The van der Waals surface area contributed by atoms with Crippen molar-refractivity contribution in [2.24, 2.45) is 5.10 Å². The average molecular weight is 352 g/mol. The van der Waals surface area contributed by atoms with Crippen molar-refractivity contribution in [1.29, 1.82) is 0 Å². The number of aryl methyl sites for hydroxylation is 1. The lowest BCUT2D eigenvalue weighted by Gasteiger charge is -2.16. The molecule has 1 aromatic heterocycles. The topological polar surface area (TPSA) is 42.6 Å². The van der Waals surface area contributed by atoms with Crippen LogP contribution in [0, 0.1) is 12.7 Å². The molecule has 3 rings (SSSR count). The number of halogens is 1. The van der Waals surface area contributed by atoms with E-state index in [4.69, 9.17) is 4.74 Å². The zero-order chi connectivity index (χ0) is 18.5. The molecule has 0 aliphatic carbocycles. The summed E-state index contributed by atoms with van der Waals surface area (Å²) in [4.78, 5) is 4.09. The Morgan fingerprint density at radius 2 is 2.00 bits per heavy atom. The van der Waals surface area contributed by atoms with Crippen molar-refractivity contribution in [3.8, 4) is 5.75 Å². The number of hydrogen-bond donors (Lipinski definition) is 0. The Morgan fingerprint density at radius 1 is 1.19 bits per heavy atom. The molecule has 0 aliphatic heterocycles. The van der Waals surface area contributed by atoms with Gasteiger partial charge in [-0.15, -0.1) is 0 Å². The van der Waals surface area contributed by atoms with E-state index < -0.39 is 0 Å². The van der Waals surface area contributed by atoms with Crippen LogP contribution in [0.15, 0.2) is 66.3 Å². The second kappa shape index (κ2) is 7.82. The second-order valence-corrected chi connectivity index (χ2v) is 6.07. The van der Waals surface area contributed by atoms with E-state index in [-0.39, 0.29) is 12.4 Å². The summed E-state index contributed by atoms with van der Waals surface area (Å²) in [5.74, 6) is 1.07. The van der Waals surface area contributed by atoms with E-state index in [1.807, 2.05) is 55.2 Å². The summed E-state index contributed by atoms with van der Waals surface area (Å²) in [6.07, 6.45) is 5.19. The standard InChI is InChI=1S/C20H21FN4O/c1-15-7-6-8-16(19(15)21)13-26-18-10-5-4-9-17(18)20(23-24(2)3)25-12-11-22-14-25/h4-12,14H,13H2,1-3H3. The molecule has 26 heavy (non-hydrogen) atoms. The van der Waals surface area contributed by atoms with Crippen LogP contribution in [-0.2, 0) is 6.61 Å².